The summed E-state index contributed by atoms with van der Waals surface area (Å²) in [5, 5.41) is 17.3. The van der Waals surface area contributed by atoms with Crippen LogP contribution in [0.2, 0.25) is 0 Å². The highest BCUT2D eigenvalue weighted by molar-refractivity contribution is 7.85. The molecular formula is C26H37N3O5S. The van der Waals surface area contributed by atoms with Crippen LogP contribution in [0, 0.1) is 0 Å². The summed E-state index contributed by atoms with van der Waals surface area (Å²) in [6, 6.07) is 9.79. The summed E-state index contributed by atoms with van der Waals surface area (Å²) in [6.45, 7) is 4.85. The van der Waals surface area contributed by atoms with Crippen molar-refractivity contribution in [3.8, 4) is 0 Å². The molecule has 1 aliphatic heterocycles. The molecule has 1 aromatic carbocycles. The zero-order chi connectivity index (χ0) is 25.4. The van der Waals surface area contributed by atoms with Crippen LogP contribution < -0.4 is 10.6 Å². The minimum Gasteiger partial charge on any atom is -0.390 e. The Morgan fingerprint density at radius 3 is 2.57 bits per heavy atom. The zero-order valence-electron chi connectivity index (χ0n) is 20.5. The second-order valence-electron chi connectivity index (χ2n) is 9.20. The van der Waals surface area contributed by atoms with Crippen LogP contribution >= 0.6 is 0 Å². The maximum atomic E-state index is 13.3. The average molecular weight is 504 g/mol. The van der Waals surface area contributed by atoms with Crippen LogP contribution in [0.25, 0.3) is 0 Å². The number of hydrogen-bond acceptors (Lipinski definition) is 6. The molecule has 0 spiro atoms. The molecule has 3 rings (SSSR count). The van der Waals surface area contributed by atoms with Crippen LogP contribution in [0.1, 0.15) is 38.7 Å². The Balaban J connectivity index is 1.69. The summed E-state index contributed by atoms with van der Waals surface area (Å²) in [5.74, 6) is -0.614. The van der Waals surface area contributed by atoms with Gasteiger partial charge in [-0.15, -0.1) is 0 Å². The van der Waals surface area contributed by atoms with Gasteiger partial charge in [-0.25, -0.2) is 0 Å². The predicted octanol–water partition coefficient (Wildman–Crippen LogP) is 2.20. The van der Waals surface area contributed by atoms with Crippen molar-refractivity contribution in [1.29, 1.82) is 0 Å². The number of aliphatic hydroxyl groups excluding tert-OH is 1. The third kappa shape index (κ3) is 8.92. The van der Waals surface area contributed by atoms with E-state index in [1.54, 1.807) is 13.0 Å². The fraction of sp³-hybridized carbons (Fsp3) is 0.500. The summed E-state index contributed by atoms with van der Waals surface area (Å²) < 4.78 is 31.3. The van der Waals surface area contributed by atoms with Crippen molar-refractivity contribution in [1.82, 2.24) is 15.5 Å². The number of hydrogen-bond donors (Lipinski definition) is 4. The number of rotatable bonds is 13. The maximum Gasteiger partial charge on any atom is 0.266 e. The van der Waals surface area contributed by atoms with Crippen molar-refractivity contribution < 1.29 is 22.9 Å². The molecule has 1 aromatic rings. The Kier molecular flexibility index (Phi) is 9.68. The SMILES string of the molecule is C/C=C(\C=C1/CN(CCS(=O)(=O)O)C=C1CC)C(=O)N[C@@H](Cc1ccccc1)[C@H](O)CNC1CC1. The first-order valence-corrected chi connectivity index (χ1v) is 13.8. The second kappa shape index (κ2) is 12.5. The molecule has 0 unspecified atom stereocenters. The summed E-state index contributed by atoms with van der Waals surface area (Å²) in [4.78, 5) is 15.1. The van der Waals surface area contributed by atoms with Gasteiger partial charge in [0.15, 0.2) is 0 Å². The number of nitrogens with zero attached hydrogens (tertiary/aromatic N) is 1. The van der Waals surface area contributed by atoms with Crippen LogP contribution in [-0.4, -0.2) is 72.5 Å². The minimum atomic E-state index is -4.04. The predicted molar refractivity (Wildman–Crippen MR) is 137 cm³/mol. The quantitative estimate of drug-likeness (QED) is 0.241. The van der Waals surface area contributed by atoms with Gasteiger partial charge >= 0.3 is 0 Å². The van der Waals surface area contributed by atoms with E-state index in [0.29, 0.717) is 31.1 Å². The molecule has 9 heteroatoms. The number of aliphatic hydroxyl groups is 1. The van der Waals surface area contributed by atoms with Crippen molar-refractivity contribution >= 4 is 16.0 Å². The zero-order valence-corrected chi connectivity index (χ0v) is 21.3. The van der Waals surface area contributed by atoms with Crippen LogP contribution in [0.4, 0.5) is 0 Å². The molecule has 1 heterocycles. The Morgan fingerprint density at radius 2 is 1.97 bits per heavy atom. The lowest BCUT2D eigenvalue weighted by Gasteiger charge is -2.25. The molecule has 1 amide bonds. The largest absolute Gasteiger partial charge is 0.390 e. The van der Waals surface area contributed by atoms with Gasteiger partial charge in [0.05, 0.1) is 17.9 Å². The van der Waals surface area contributed by atoms with E-state index in [0.717, 1.165) is 36.0 Å². The van der Waals surface area contributed by atoms with Crippen LogP contribution in [0.3, 0.4) is 0 Å². The number of nitrogens with one attached hydrogen (secondary N) is 2. The Morgan fingerprint density at radius 1 is 1.26 bits per heavy atom. The van der Waals surface area contributed by atoms with Gasteiger partial charge in [0.25, 0.3) is 16.0 Å². The first-order chi connectivity index (χ1) is 16.7. The van der Waals surface area contributed by atoms with E-state index >= 15 is 0 Å². The number of allylic oxidation sites excluding steroid dienone is 1. The molecule has 0 aromatic heterocycles. The van der Waals surface area contributed by atoms with E-state index in [2.05, 4.69) is 10.6 Å². The monoisotopic (exact) mass is 503 g/mol. The van der Waals surface area contributed by atoms with Gasteiger partial charge in [0.2, 0.25) is 0 Å². The molecule has 2 atom stereocenters. The molecule has 35 heavy (non-hydrogen) atoms. The van der Waals surface area contributed by atoms with Crippen molar-refractivity contribution in [2.45, 2.75) is 57.7 Å². The van der Waals surface area contributed by atoms with E-state index in [1.165, 1.54) is 0 Å². The van der Waals surface area contributed by atoms with E-state index in [1.807, 2.05) is 54.4 Å². The highest BCUT2D eigenvalue weighted by Crippen LogP contribution is 2.25. The molecule has 1 fully saturated rings. The molecule has 0 bridgehead atoms. The lowest BCUT2D eigenvalue weighted by molar-refractivity contribution is -0.118. The van der Waals surface area contributed by atoms with E-state index in [9.17, 15) is 18.3 Å². The summed E-state index contributed by atoms with van der Waals surface area (Å²) in [6.07, 6.45) is 8.19. The molecule has 1 aliphatic carbocycles. The van der Waals surface area contributed by atoms with Gasteiger partial charge in [-0.3, -0.25) is 9.35 Å². The van der Waals surface area contributed by atoms with Gasteiger partial charge in [-0.1, -0.05) is 43.3 Å². The van der Waals surface area contributed by atoms with Gasteiger partial charge in [-0.2, -0.15) is 8.42 Å². The van der Waals surface area contributed by atoms with Crippen LogP contribution in [-0.2, 0) is 21.3 Å². The van der Waals surface area contributed by atoms with Gasteiger partial charge in [0, 0.05) is 37.4 Å². The normalized spacial score (nSPS) is 19.5. The standard InChI is InChI=1S/C26H37N3O5S/c1-3-20(15-22-18-29(17-21(22)4-2)12-13-35(32,33)34)26(31)28-24(14-19-8-6-5-7-9-19)25(30)16-27-23-10-11-23/h3,5-9,15,17,23-25,27,30H,4,10-14,16,18H2,1-2H3,(H,28,31)(H,32,33,34)/b20-3+,22-15+/t24-,25+/m0/s1. The molecule has 4 N–H and O–H groups in total. The first kappa shape index (κ1) is 27.1. The topological polar surface area (TPSA) is 119 Å². The molecule has 2 aliphatic rings. The lowest BCUT2D eigenvalue weighted by atomic mass is 9.99. The Labute approximate surface area is 208 Å². The average Bonchev–Trinajstić information content (AvgIpc) is 3.58. The fourth-order valence-corrected chi connectivity index (χ4v) is 4.56. The van der Waals surface area contributed by atoms with E-state index < -0.39 is 22.3 Å². The molecule has 192 valence electrons. The van der Waals surface area contributed by atoms with Gasteiger partial charge in [-0.05, 0) is 55.4 Å². The highest BCUT2D eigenvalue weighted by Gasteiger charge is 2.27. The van der Waals surface area contributed by atoms with Gasteiger partial charge < -0.3 is 20.6 Å². The second-order valence-corrected chi connectivity index (χ2v) is 10.8. The number of benzene rings is 1. The van der Waals surface area contributed by atoms with Crippen molar-refractivity contribution in [2.24, 2.45) is 0 Å². The first-order valence-electron chi connectivity index (χ1n) is 12.2. The smallest absolute Gasteiger partial charge is 0.266 e. The van der Waals surface area contributed by atoms with Gasteiger partial charge in [0.1, 0.15) is 0 Å². The number of amides is 1. The van der Waals surface area contributed by atoms with Crippen LogP contribution in [0.5, 0.6) is 0 Å². The maximum absolute atomic E-state index is 13.3. The molecule has 1 saturated carbocycles. The summed E-state index contributed by atoms with van der Waals surface area (Å²) >= 11 is 0. The number of carbonyl (C=O) groups is 1. The third-order valence-electron chi connectivity index (χ3n) is 6.32. The number of carbonyl (C=O) groups excluding carboxylic acids is 1. The molecular weight excluding hydrogens is 466 g/mol. The summed E-state index contributed by atoms with van der Waals surface area (Å²) in [5.41, 5.74) is 3.46. The Bertz CT molecular complexity index is 1060. The molecule has 0 saturated heterocycles. The Hall–Kier alpha value is -2.46. The fourth-order valence-electron chi connectivity index (χ4n) is 4.09. The van der Waals surface area contributed by atoms with Crippen molar-refractivity contribution in [3.05, 3.63) is 71.0 Å². The van der Waals surface area contributed by atoms with E-state index in [4.69, 9.17) is 4.55 Å². The third-order valence-corrected chi connectivity index (χ3v) is 7.02. The van der Waals surface area contributed by atoms with Crippen LogP contribution in [0.15, 0.2) is 65.4 Å². The van der Waals surface area contributed by atoms with Crippen molar-refractivity contribution in [3.63, 3.8) is 0 Å². The highest BCUT2D eigenvalue weighted by atomic mass is 32.2. The van der Waals surface area contributed by atoms with Crippen molar-refractivity contribution in [2.75, 3.05) is 25.4 Å². The molecule has 8 nitrogen and oxygen atoms in total. The van der Waals surface area contributed by atoms with E-state index in [-0.39, 0.29) is 18.2 Å². The minimum absolute atomic E-state index is 0.177. The molecule has 0 radical (unpaired) electrons. The lowest BCUT2D eigenvalue weighted by Crippen LogP contribution is -2.49. The summed E-state index contributed by atoms with van der Waals surface area (Å²) in [7, 11) is -4.04.